The number of nitrogens with zero attached hydrogens (tertiary/aromatic N) is 1. The molecule has 0 spiro atoms. The van der Waals surface area contributed by atoms with E-state index < -0.39 is 23.5 Å². The van der Waals surface area contributed by atoms with E-state index in [9.17, 15) is 14.7 Å². The molecule has 1 N–H and O–H groups in total. The smallest absolute Gasteiger partial charge is 0.295 e. The van der Waals surface area contributed by atoms with Gasteiger partial charge in [0.15, 0.2) is 0 Å². The first-order valence-electron chi connectivity index (χ1n) is 12.1. The number of hydrogen-bond donors (Lipinski definition) is 1. The summed E-state index contributed by atoms with van der Waals surface area (Å²) in [4.78, 5) is 29.2. The Balaban J connectivity index is 2.07. The molecule has 0 aliphatic carbocycles. The predicted molar refractivity (Wildman–Crippen MR) is 133 cm³/mol. The van der Waals surface area contributed by atoms with Crippen molar-refractivity contribution in [2.45, 2.75) is 26.8 Å². The molecule has 1 aliphatic heterocycles. The molecule has 1 atom stereocenters. The SMILES string of the molecule is C=CCOc1cccc(C2C(=C([O-])c3ccc(OCC)cc3)C(=O)C(=O)N2CC[NH+](CC)CC)c1. The van der Waals surface area contributed by atoms with Crippen LogP contribution in [0.1, 0.15) is 37.9 Å². The molecule has 1 aliphatic rings. The summed E-state index contributed by atoms with van der Waals surface area (Å²) < 4.78 is 11.1. The summed E-state index contributed by atoms with van der Waals surface area (Å²) in [6, 6.07) is 13.1. The average molecular weight is 479 g/mol. The first kappa shape index (κ1) is 26.0. The maximum absolute atomic E-state index is 13.6. The Morgan fingerprint density at radius 1 is 1.06 bits per heavy atom. The molecule has 2 aromatic carbocycles. The van der Waals surface area contributed by atoms with Crippen LogP contribution in [0.4, 0.5) is 0 Å². The molecule has 2 aromatic rings. The van der Waals surface area contributed by atoms with Crippen LogP contribution in [-0.2, 0) is 9.59 Å². The Bertz CT molecular complexity index is 1070. The van der Waals surface area contributed by atoms with Crippen LogP contribution >= 0.6 is 0 Å². The molecular formula is C28H34N2O5. The van der Waals surface area contributed by atoms with Crippen LogP contribution < -0.4 is 19.5 Å². The first-order chi connectivity index (χ1) is 16.9. The predicted octanol–water partition coefficient (Wildman–Crippen LogP) is 1.80. The molecule has 7 heteroatoms. The van der Waals surface area contributed by atoms with E-state index in [2.05, 4.69) is 20.4 Å². The fourth-order valence-electron chi connectivity index (χ4n) is 4.28. The highest BCUT2D eigenvalue weighted by atomic mass is 16.5. The topological polar surface area (TPSA) is 83.3 Å². The second-order valence-corrected chi connectivity index (χ2v) is 8.31. The van der Waals surface area contributed by atoms with E-state index in [1.807, 2.05) is 13.0 Å². The van der Waals surface area contributed by atoms with Gasteiger partial charge in [-0.1, -0.05) is 42.7 Å². The van der Waals surface area contributed by atoms with E-state index in [1.54, 1.807) is 48.5 Å². The van der Waals surface area contributed by atoms with Gasteiger partial charge in [-0.25, -0.2) is 0 Å². The number of Topliss-reactive ketones (excluding diaryl/α,β-unsaturated/α-hetero) is 1. The van der Waals surface area contributed by atoms with Gasteiger partial charge in [-0.15, -0.1) is 0 Å². The lowest BCUT2D eigenvalue weighted by Crippen LogP contribution is -3.12. The highest BCUT2D eigenvalue weighted by molar-refractivity contribution is 6.46. The molecule has 0 bridgehead atoms. The van der Waals surface area contributed by atoms with Gasteiger partial charge in [0.1, 0.15) is 18.1 Å². The minimum absolute atomic E-state index is 0.0328. The van der Waals surface area contributed by atoms with E-state index in [1.165, 1.54) is 9.80 Å². The zero-order valence-electron chi connectivity index (χ0n) is 20.7. The number of likely N-dealkylation sites (tertiary alicyclic amines) is 1. The highest BCUT2D eigenvalue weighted by Crippen LogP contribution is 2.39. The quantitative estimate of drug-likeness (QED) is 0.218. The van der Waals surface area contributed by atoms with Crippen molar-refractivity contribution >= 4 is 17.4 Å². The van der Waals surface area contributed by atoms with Gasteiger partial charge in [-0.3, -0.25) is 9.59 Å². The first-order valence-corrected chi connectivity index (χ1v) is 12.1. The fourth-order valence-corrected chi connectivity index (χ4v) is 4.28. The van der Waals surface area contributed by atoms with Crippen molar-refractivity contribution in [3.8, 4) is 11.5 Å². The monoisotopic (exact) mass is 478 g/mol. The van der Waals surface area contributed by atoms with Gasteiger partial charge in [0.2, 0.25) is 5.78 Å². The summed E-state index contributed by atoms with van der Waals surface area (Å²) in [5.74, 6) is -0.632. The molecular weight excluding hydrogens is 444 g/mol. The molecule has 1 saturated heterocycles. The third kappa shape index (κ3) is 5.92. The zero-order valence-corrected chi connectivity index (χ0v) is 20.7. The number of ketones is 1. The lowest BCUT2D eigenvalue weighted by atomic mass is 9.95. The number of rotatable bonds is 12. The molecule has 186 valence electrons. The van der Waals surface area contributed by atoms with Crippen molar-refractivity contribution < 1.29 is 29.1 Å². The normalized spacial score (nSPS) is 17.1. The summed E-state index contributed by atoms with van der Waals surface area (Å²) in [5, 5.41) is 13.6. The number of benzene rings is 2. The van der Waals surface area contributed by atoms with Crippen LogP contribution in [0, 0.1) is 0 Å². The third-order valence-corrected chi connectivity index (χ3v) is 6.20. The van der Waals surface area contributed by atoms with Crippen molar-refractivity contribution in [3.05, 3.63) is 77.9 Å². The maximum atomic E-state index is 13.6. The van der Waals surface area contributed by atoms with E-state index >= 15 is 0 Å². The minimum Gasteiger partial charge on any atom is -0.872 e. The lowest BCUT2D eigenvalue weighted by Gasteiger charge is -2.28. The molecule has 1 amide bonds. The van der Waals surface area contributed by atoms with Gasteiger partial charge in [0.25, 0.3) is 5.91 Å². The summed E-state index contributed by atoms with van der Waals surface area (Å²) >= 11 is 0. The molecule has 3 rings (SSSR count). The second-order valence-electron chi connectivity index (χ2n) is 8.31. The van der Waals surface area contributed by atoms with Crippen LogP contribution in [0.2, 0.25) is 0 Å². The molecule has 1 fully saturated rings. The van der Waals surface area contributed by atoms with Gasteiger partial charge < -0.3 is 24.4 Å². The van der Waals surface area contributed by atoms with E-state index in [4.69, 9.17) is 9.47 Å². The van der Waals surface area contributed by atoms with Gasteiger partial charge in [0.05, 0.1) is 38.8 Å². The Labute approximate surface area is 207 Å². The van der Waals surface area contributed by atoms with Crippen LogP contribution in [0.5, 0.6) is 11.5 Å². The number of carbonyl (C=O) groups is 2. The summed E-state index contributed by atoms with van der Waals surface area (Å²) in [5.41, 5.74) is 0.967. The number of likely N-dealkylation sites (N-methyl/N-ethyl adjacent to an activating group) is 1. The molecule has 7 nitrogen and oxygen atoms in total. The van der Waals surface area contributed by atoms with Crippen LogP contribution in [0.25, 0.3) is 5.76 Å². The van der Waals surface area contributed by atoms with Crippen molar-refractivity contribution in [1.29, 1.82) is 0 Å². The molecule has 0 aromatic heterocycles. The van der Waals surface area contributed by atoms with Crippen LogP contribution in [0.3, 0.4) is 0 Å². The molecule has 1 unspecified atom stereocenters. The number of amides is 1. The van der Waals surface area contributed by atoms with Crippen LogP contribution in [0.15, 0.2) is 66.8 Å². The highest BCUT2D eigenvalue weighted by Gasteiger charge is 2.44. The number of quaternary nitrogens is 1. The van der Waals surface area contributed by atoms with Gasteiger partial charge >= 0.3 is 0 Å². The number of ether oxygens (including phenoxy) is 2. The molecule has 0 saturated carbocycles. The van der Waals surface area contributed by atoms with Crippen LogP contribution in [-0.4, -0.2) is 56.0 Å². The molecule has 35 heavy (non-hydrogen) atoms. The minimum atomic E-state index is -0.781. The van der Waals surface area contributed by atoms with Crippen molar-refractivity contribution in [2.75, 3.05) is 39.4 Å². The number of carbonyl (C=O) groups excluding carboxylic acids is 2. The third-order valence-electron chi connectivity index (χ3n) is 6.20. The Hall–Kier alpha value is -3.58. The Morgan fingerprint density at radius 2 is 1.77 bits per heavy atom. The summed E-state index contributed by atoms with van der Waals surface area (Å²) in [6.07, 6.45) is 1.64. The maximum Gasteiger partial charge on any atom is 0.295 e. The fraction of sp³-hybridized carbons (Fsp3) is 0.357. The molecule has 1 heterocycles. The number of hydrogen-bond acceptors (Lipinski definition) is 5. The van der Waals surface area contributed by atoms with Gasteiger partial charge in [0, 0.05) is 5.57 Å². The van der Waals surface area contributed by atoms with Crippen molar-refractivity contribution in [3.63, 3.8) is 0 Å². The van der Waals surface area contributed by atoms with E-state index in [0.717, 1.165) is 13.1 Å². The number of nitrogens with one attached hydrogen (secondary N) is 1. The second kappa shape index (κ2) is 12.2. The summed E-state index contributed by atoms with van der Waals surface area (Å²) in [7, 11) is 0. The van der Waals surface area contributed by atoms with E-state index in [-0.39, 0.29) is 5.57 Å². The van der Waals surface area contributed by atoms with Gasteiger partial charge in [-0.05, 0) is 56.2 Å². The standard InChI is InChI=1S/C28H34N2O5/c1-5-18-35-23-11-9-10-21(19-23)25-24(26(31)20-12-14-22(15-13-20)34-8-4)27(32)28(33)30(25)17-16-29(6-2)7-3/h5,9-15,19,25,31H,1,6-8,16-18H2,2-4H3. The summed E-state index contributed by atoms with van der Waals surface area (Å²) in [6.45, 7) is 13.4. The largest absolute Gasteiger partial charge is 0.872 e. The molecule has 0 radical (unpaired) electrons. The lowest BCUT2D eigenvalue weighted by molar-refractivity contribution is -0.895. The zero-order chi connectivity index (χ0) is 25.4. The average Bonchev–Trinajstić information content (AvgIpc) is 3.13. The Morgan fingerprint density at radius 3 is 2.40 bits per heavy atom. The van der Waals surface area contributed by atoms with E-state index in [0.29, 0.717) is 48.9 Å². The van der Waals surface area contributed by atoms with Crippen molar-refractivity contribution in [2.24, 2.45) is 0 Å². The Kier molecular flexibility index (Phi) is 9.09. The van der Waals surface area contributed by atoms with Crippen molar-refractivity contribution in [1.82, 2.24) is 4.90 Å². The van der Waals surface area contributed by atoms with Gasteiger partial charge in [-0.2, -0.15) is 0 Å².